The van der Waals surface area contributed by atoms with Gasteiger partial charge in [-0.2, -0.15) is 0 Å². The lowest BCUT2D eigenvalue weighted by Gasteiger charge is -2.16. The number of hydrogen-bond acceptors (Lipinski definition) is 5. The lowest BCUT2D eigenvalue weighted by Crippen LogP contribution is -2.30. The Labute approximate surface area is 126 Å². The lowest BCUT2D eigenvalue weighted by atomic mass is 10.2. The molecule has 2 aromatic rings. The Morgan fingerprint density at radius 3 is 3.05 bits per heavy atom. The third-order valence-corrected chi connectivity index (χ3v) is 4.79. The van der Waals surface area contributed by atoms with Gasteiger partial charge in [0.15, 0.2) is 0 Å². The van der Waals surface area contributed by atoms with Crippen molar-refractivity contribution in [3.8, 4) is 0 Å². The molecule has 1 aromatic heterocycles. The van der Waals surface area contributed by atoms with Crippen molar-refractivity contribution in [2.75, 3.05) is 17.2 Å². The van der Waals surface area contributed by atoms with Crippen LogP contribution in [0, 0.1) is 0 Å². The van der Waals surface area contributed by atoms with E-state index in [0.29, 0.717) is 11.8 Å². The van der Waals surface area contributed by atoms with E-state index < -0.39 is 0 Å². The number of benzene rings is 1. The Bertz CT molecular complexity index is 682. The van der Waals surface area contributed by atoms with Crippen molar-refractivity contribution in [2.45, 2.75) is 30.5 Å². The molecule has 1 fully saturated rings. The van der Waals surface area contributed by atoms with Crippen LogP contribution in [0.25, 0.3) is 0 Å². The van der Waals surface area contributed by atoms with Crippen LogP contribution in [0.4, 0.5) is 5.69 Å². The van der Waals surface area contributed by atoms with E-state index in [0.717, 1.165) is 36.7 Å². The second-order valence-electron chi connectivity index (χ2n) is 5.35. The Kier molecular flexibility index (Phi) is 3.14. The second-order valence-corrected chi connectivity index (χ2v) is 6.29. The lowest BCUT2D eigenvalue weighted by molar-refractivity contribution is -0.116. The summed E-state index contributed by atoms with van der Waals surface area (Å²) in [5.41, 5.74) is 2.29. The quantitative estimate of drug-likeness (QED) is 0.804. The number of anilines is 1. The molecule has 2 aliphatic rings. The summed E-state index contributed by atoms with van der Waals surface area (Å²) < 4.78 is 1.84. The molecule has 6 nitrogen and oxygen atoms in total. The summed E-state index contributed by atoms with van der Waals surface area (Å²) in [6, 6.07) is 8.53. The van der Waals surface area contributed by atoms with Gasteiger partial charge in [0.2, 0.25) is 11.1 Å². The molecule has 0 unspecified atom stereocenters. The molecular weight excluding hydrogens is 286 g/mol. The number of hydrogen-bond donors (Lipinski definition) is 0. The third-order valence-electron chi connectivity index (χ3n) is 3.87. The average Bonchev–Trinajstić information content (AvgIpc) is 3.10. The number of carbonyl (C=O) groups is 1. The molecule has 1 aromatic carbocycles. The Hall–Kier alpha value is -1.89. The van der Waals surface area contributed by atoms with Gasteiger partial charge < -0.3 is 4.90 Å². The number of aromatic nitrogens is 4. The monoisotopic (exact) mass is 301 g/mol. The normalized spacial score (nSPS) is 17.0. The molecule has 0 atom stereocenters. The van der Waals surface area contributed by atoms with Gasteiger partial charge >= 0.3 is 0 Å². The van der Waals surface area contributed by atoms with Gasteiger partial charge in [0.05, 0.1) is 11.8 Å². The maximum atomic E-state index is 12.4. The zero-order chi connectivity index (χ0) is 14.2. The highest BCUT2D eigenvalue weighted by Crippen LogP contribution is 2.36. The number of amides is 1. The fraction of sp³-hybridized carbons (Fsp3) is 0.429. The SMILES string of the molecule is O=C(CSc1nnnn1C1CC1)N1CCc2ccccc21. The average molecular weight is 301 g/mol. The molecule has 1 amide bonds. The predicted octanol–water partition coefficient (Wildman–Crippen LogP) is 1.69. The zero-order valence-corrected chi connectivity index (χ0v) is 12.3. The summed E-state index contributed by atoms with van der Waals surface area (Å²) in [5.74, 6) is 0.497. The summed E-state index contributed by atoms with van der Waals surface area (Å²) in [6.45, 7) is 0.770. The fourth-order valence-corrected chi connectivity index (χ4v) is 3.45. The number of nitrogens with zero attached hydrogens (tertiary/aromatic N) is 5. The van der Waals surface area contributed by atoms with Crippen LogP contribution in [0.3, 0.4) is 0 Å². The Balaban J connectivity index is 1.44. The Morgan fingerprint density at radius 1 is 1.33 bits per heavy atom. The maximum absolute atomic E-state index is 12.4. The number of fused-ring (bicyclic) bond motifs is 1. The molecule has 0 radical (unpaired) electrons. The van der Waals surface area contributed by atoms with Crippen molar-refractivity contribution in [1.29, 1.82) is 0 Å². The summed E-state index contributed by atoms with van der Waals surface area (Å²) in [4.78, 5) is 14.3. The van der Waals surface area contributed by atoms with Crippen LogP contribution in [-0.2, 0) is 11.2 Å². The van der Waals surface area contributed by atoms with Crippen LogP contribution in [0.15, 0.2) is 29.4 Å². The van der Waals surface area contributed by atoms with Crippen LogP contribution >= 0.6 is 11.8 Å². The molecule has 1 saturated carbocycles. The smallest absolute Gasteiger partial charge is 0.237 e. The van der Waals surface area contributed by atoms with E-state index in [-0.39, 0.29) is 5.91 Å². The van der Waals surface area contributed by atoms with Crippen LogP contribution in [0.2, 0.25) is 0 Å². The molecule has 0 N–H and O–H groups in total. The van der Waals surface area contributed by atoms with E-state index >= 15 is 0 Å². The number of rotatable bonds is 4. The molecule has 0 spiro atoms. The summed E-state index contributed by atoms with van der Waals surface area (Å²) >= 11 is 1.43. The van der Waals surface area contributed by atoms with E-state index in [4.69, 9.17) is 0 Å². The first-order valence-corrected chi connectivity index (χ1v) is 8.10. The highest BCUT2D eigenvalue weighted by molar-refractivity contribution is 7.99. The molecule has 1 aliphatic carbocycles. The molecule has 21 heavy (non-hydrogen) atoms. The summed E-state index contributed by atoms with van der Waals surface area (Å²) in [5, 5.41) is 12.5. The van der Waals surface area contributed by atoms with Crippen LogP contribution in [0.5, 0.6) is 0 Å². The summed E-state index contributed by atoms with van der Waals surface area (Å²) in [6.07, 6.45) is 3.20. The van der Waals surface area contributed by atoms with Gasteiger partial charge in [-0.1, -0.05) is 30.0 Å². The number of tetrazole rings is 1. The minimum atomic E-state index is 0.121. The number of thioether (sulfide) groups is 1. The molecule has 1 aliphatic heterocycles. The van der Waals surface area contributed by atoms with E-state index in [9.17, 15) is 4.79 Å². The van der Waals surface area contributed by atoms with Gasteiger partial charge in [-0.3, -0.25) is 4.79 Å². The van der Waals surface area contributed by atoms with E-state index in [2.05, 4.69) is 21.6 Å². The minimum absolute atomic E-state index is 0.121. The van der Waals surface area contributed by atoms with Gasteiger partial charge in [-0.15, -0.1) is 5.10 Å². The highest BCUT2D eigenvalue weighted by atomic mass is 32.2. The molecule has 108 valence electrons. The largest absolute Gasteiger partial charge is 0.311 e. The van der Waals surface area contributed by atoms with Gasteiger partial charge in [-0.25, -0.2) is 4.68 Å². The van der Waals surface area contributed by atoms with Crippen molar-refractivity contribution < 1.29 is 4.79 Å². The van der Waals surface area contributed by atoms with E-state index in [1.54, 1.807) is 0 Å². The van der Waals surface area contributed by atoms with Crippen molar-refractivity contribution in [3.05, 3.63) is 29.8 Å². The van der Waals surface area contributed by atoms with Crippen LogP contribution < -0.4 is 4.90 Å². The van der Waals surface area contributed by atoms with Gasteiger partial charge in [0.1, 0.15) is 0 Å². The van der Waals surface area contributed by atoms with Crippen molar-refractivity contribution in [3.63, 3.8) is 0 Å². The first-order chi connectivity index (χ1) is 10.3. The minimum Gasteiger partial charge on any atom is -0.311 e. The van der Waals surface area contributed by atoms with E-state index in [1.165, 1.54) is 17.3 Å². The first-order valence-electron chi connectivity index (χ1n) is 7.12. The molecule has 0 saturated heterocycles. The molecule has 0 bridgehead atoms. The van der Waals surface area contributed by atoms with E-state index in [1.807, 2.05) is 27.8 Å². The number of carbonyl (C=O) groups excluding carboxylic acids is 1. The van der Waals surface area contributed by atoms with Crippen molar-refractivity contribution in [1.82, 2.24) is 20.2 Å². The highest BCUT2D eigenvalue weighted by Gasteiger charge is 2.29. The molecule has 7 heteroatoms. The second kappa shape index (κ2) is 5.14. The maximum Gasteiger partial charge on any atom is 0.237 e. The molecular formula is C14H15N5OS. The van der Waals surface area contributed by atoms with Crippen LogP contribution in [0.1, 0.15) is 24.4 Å². The Morgan fingerprint density at radius 2 is 2.19 bits per heavy atom. The van der Waals surface area contributed by atoms with Crippen molar-refractivity contribution >= 4 is 23.4 Å². The van der Waals surface area contributed by atoms with Gasteiger partial charge in [0.25, 0.3) is 0 Å². The predicted molar refractivity (Wildman–Crippen MR) is 79.3 cm³/mol. The first kappa shape index (κ1) is 12.8. The topological polar surface area (TPSA) is 63.9 Å². The third kappa shape index (κ3) is 2.42. The standard InChI is InChI=1S/C14H15N5OS/c20-13(18-8-7-10-3-1-2-4-12(10)18)9-21-14-15-16-17-19(14)11-5-6-11/h1-4,11H,5-9H2. The van der Waals surface area contributed by atoms with Gasteiger partial charge in [0, 0.05) is 12.2 Å². The zero-order valence-electron chi connectivity index (χ0n) is 11.5. The van der Waals surface area contributed by atoms with Crippen LogP contribution in [-0.4, -0.2) is 38.4 Å². The van der Waals surface area contributed by atoms with Gasteiger partial charge in [-0.05, 0) is 41.3 Å². The van der Waals surface area contributed by atoms with Crippen molar-refractivity contribution in [2.24, 2.45) is 0 Å². The fourth-order valence-electron chi connectivity index (χ4n) is 2.63. The number of para-hydroxylation sites is 1. The molecule has 4 rings (SSSR count). The summed E-state index contributed by atoms with van der Waals surface area (Å²) in [7, 11) is 0. The molecule has 2 heterocycles.